The molecule has 2 aromatic carbocycles. The number of halogens is 8. The van der Waals surface area contributed by atoms with Gasteiger partial charge in [0.2, 0.25) is 0 Å². The Morgan fingerprint density at radius 2 is 1.44 bits per heavy atom. The maximum absolute atomic E-state index is 14.9. The normalized spacial score (nSPS) is 25.0. The molecule has 0 bridgehead atoms. The maximum Gasteiger partial charge on any atom is 0.429 e. The molecule has 2 aromatic rings. The van der Waals surface area contributed by atoms with Crippen LogP contribution in [-0.2, 0) is 6.11 Å². The topological polar surface area (TPSA) is 9.23 Å². The van der Waals surface area contributed by atoms with Gasteiger partial charge in [0.15, 0.2) is 29.1 Å². The molecular weight excluding hydrogens is 492 g/mol. The lowest BCUT2D eigenvalue weighted by Gasteiger charge is -2.36. The predicted octanol–water partition coefficient (Wildman–Crippen LogP) is 9.07. The standard InChI is InChI=1S/C27H26F8O/c1-2-14-3-8-18(21(28)11-14)15-4-6-16(7-5-15)19-9-10-20(25(32)24(19)31)27(34,35)36-17-12-22(29)26(33)23(30)13-17/h9-16,18H,2-8H2,1H3. The first-order chi connectivity index (χ1) is 17.0. The Balaban J connectivity index is 1.47. The minimum absolute atomic E-state index is 0.0601. The van der Waals surface area contributed by atoms with Crippen molar-refractivity contribution >= 4 is 0 Å². The van der Waals surface area contributed by atoms with Crippen molar-refractivity contribution in [2.24, 2.45) is 17.8 Å². The largest absolute Gasteiger partial charge is 0.429 e. The number of ether oxygens (including phenoxy) is 1. The second-order valence-electron chi connectivity index (χ2n) is 9.67. The van der Waals surface area contributed by atoms with E-state index in [9.17, 15) is 35.1 Å². The molecule has 196 valence electrons. The average molecular weight is 518 g/mol. The van der Waals surface area contributed by atoms with Gasteiger partial charge in [-0.05, 0) is 80.4 Å². The van der Waals surface area contributed by atoms with E-state index < -0.39 is 52.4 Å². The van der Waals surface area contributed by atoms with Gasteiger partial charge in [0.25, 0.3) is 0 Å². The lowest BCUT2D eigenvalue weighted by molar-refractivity contribution is -0.188. The average Bonchev–Trinajstić information content (AvgIpc) is 2.84. The molecule has 2 atom stereocenters. The van der Waals surface area contributed by atoms with Gasteiger partial charge in [-0.15, -0.1) is 0 Å². The van der Waals surface area contributed by atoms with Crippen molar-refractivity contribution in [3.05, 3.63) is 76.4 Å². The third-order valence-corrected chi connectivity index (χ3v) is 7.53. The van der Waals surface area contributed by atoms with Gasteiger partial charge in [-0.2, -0.15) is 8.78 Å². The number of benzene rings is 2. The second kappa shape index (κ2) is 10.4. The van der Waals surface area contributed by atoms with Crippen molar-refractivity contribution in [1.29, 1.82) is 0 Å². The van der Waals surface area contributed by atoms with Gasteiger partial charge in [0.05, 0.1) is 5.83 Å². The summed E-state index contributed by atoms with van der Waals surface area (Å²) < 4.78 is 117. The summed E-state index contributed by atoms with van der Waals surface area (Å²) in [6.45, 7) is 2.02. The van der Waals surface area contributed by atoms with Gasteiger partial charge in [0.1, 0.15) is 11.3 Å². The molecule has 2 aliphatic carbocycles. The highest BCUT2D eigenvalue weighted by Crippen LogP contribution is 2.46. The van der Waals surface area contributed by atoms with Gasteiger partial charge in [-0.25, -0.2) is 26.3 Å². The molecule has 9 heteroatoms. The van der Waals surface area contributed by atoms with E-state index in [4.69, 9.17) is 0 Å². The van der Waals surface area contributed by atoms with Crippen LogP contribution in [0.2, 0.25) is 0 Å². The summed E-state index contributed by atoms with van der Waals surface area (Å²) in [5, 5.41) is 0. The van der Waals surface area contributed by atoms with E-state index in [1.54, 1.807) is 6.08 Å². The monoisotopic (exact) mass is 518 g/mol. The first kappa shape index (κ1) is 26.5. The summed E-state index contributed by atoms with van der Waals surface area (Å²) in [7, 11) is 0. The van der Waals surface area contributed by atoms with Gasteiger partial charge >= 0.3 is 6.11 Å². The van der Waals surface area contributed by atoms with Crippen LogP contribution in [0.25, 0.3) is 0 Å². The zero-order valence-electron chi connectivity index (χ0n) is 19.6. The second-order valence-corrected chi connectivity index (χ2v) is 9.67. The van der Waals surface area contributed by atoms with Crippen molar-refractivity contribution in [3.8, 4) is 5.75 Å². The highest BCUT2D eigenvalue weighted by molar-refractivity contribution is 5.33. The highest BCUT2D eigenvalue weighted by Gasteiger charge is 2.41. The quantitative estimate of drug-likeness (QED) is 0.274. The first-order valence-corrected chi connectivity index (χ1v) is 12.1. The minimum Gasteiger partial charge on any atom is -0.429 e. The fraction of sp³-hybridized carbons (Fsp3) is 0.481. The molecule has 1 fully saturated rings. The predicted molar refractivity (Wildman–Crippen MR) is 118 cm³/mol. The summed E-state index contributed by atoms with van der Waals surface area (Å²) in [5.74, 6) is -10.1. The molecule has 1 nitrogen and oxygen atoms in total. The van der Waals surface area contributed by atoms with Gasteiger partial charge in [0, 0.05) is 18.1 Å². The fourth-order valence-electron chi connectivity index (χ4n) is 5.48. The van der Waals surface area contributed by atoms with E-state index in [1.165, 1.54) is 0 Å². The number of alkyl halides is 2. The van der Waals surface area contributed by atoms with Crippen LogP contribution in [0.15, 0.2) is 36.2 Å². The van der Waals surface area contributed by atoms with Gasteiger partial charge in [-0.1, -0.05) is 13.0 Å². The van der Waals surface area contributed by atoms with Crippen LogP contribution < -0.4 is 4.74 Å². The number of hydrogen-bond donors (Lipinski definition) is 0. The van der Waals surface area contributed by atoms with Crippen LogP contribution in [0.5, 0.6) is 5.75 Å². The Hall–Kier alpha value is -2.58. The fourth-order valence-corrected chi connectivity index (χ4v) is 5.48. The molecule has 0 N–H and O–H groups in total. The molecule has 0 amide bonds. The van der Waals surface area contributed by atoms with E-state index in [-0.39, 0.29) is 41.3 Å². The molecule has 0 radical (unpaired) electrons. The Bertz CT molecular complexity index is 1110. The van der Waals surface area contributed by atoms with Gasteiger partial charge < -0.3 is 4.74 Å². The molecule has 0 heterocycles. The SMILES string of the molecule is CCC1C=C(F)C(C2CCC(c3ccc(C(F)(F)Oc4cc(F)c(F)c(F)c4)c(F)c3F)CC2)CC1. The summed E-state index contributed by atoms with van der Waals surface area (Å²) in [5.41, 5.74) is -1.52. The molecule has 0 aliphatic heterocycles. The van der Waals surface area contributed by atoms with Crippen molar-refractivity contribution in [2.75, 3.05) is 0 Å². The van der Waals surface area contributed by atoms with Crippen molar-refractivity contribution in [1.82, 2.24) is 0 Å². The van der Waals surface area contributed by atoms with Crippen LogP contribution in [0, 0.1) is 46.8 Å². The number of allylic oxidation sites excluding steroid dienone is 2. The zero-order valence-corrected chi connectivity index (χ0v) is 19.6. The van der Waals surface area contributed by atoms with Crippen LogP contribution >= 0.6 is 0 Å². The number of hydrogen-bond acceptors (Lipinski definition) is 1. The Morgan fingerprint density at radius 3 is 2.03 bits per heavy atom. The lowest BCUT2D eigenvalue weighted by atomic mass is 9.70. The van der Waals surface area contributed by atoms with E-state index in [1.807, 2.05) is 6.92 Å². The van der Waals surface area contributed by atoms with Crippen molar-refractivity contribution < 1.29 is 39.9 Å². The molecule has 0 spiro atoms. The molecule has 0 aromatic heterocycles. The molecule has 4 rings (SSSR count). The zero-order chi connectivity index (χ0) is 26.2. The molecule has 2 unspecified atom stereocenters. The molecule has 36 heavy (non-hydrogen) atoms. The van der Waals surface area contributed by atoms with Crippen LogP contribution in [-0.4, -0.2) is 0 Å². The van der Waals surface area contributed by atoms with Crippen LogP contribution in [0.1, 0.15) is 68.9 Å². The van der Waals surface area contributed by atoms with Gasteiger partial charge in [-0.3, -0.25) is 0 Å². The summed E-state index contributed by atoms with van der Waals surface area (Å²) in [6, 6.07) is 2.08. The summed E-state index contributed by atoms with van der Waals surface area (Å²) in [6.07, 6.45) is 1.91. The highest BCUT2D eigenvalue weighted by atomic mass is 19.3. The number of rotatable bonds is 6. The van der Waals surface area contributed by atoms with Crippen LogP contribution in [0.3, 0.4) is 0 Å². The van der Waals surface area contributed by atoms with Crippen molar-refractivity contribution in [3.63, 3.8) is 0 Å². The van der Waals surface area contributed by atoms with E-state index in [2.05, 4.69) is 4.74 Å². The maximum atomic E-state index is 14.9. The molecule has 2 aliphatic rings. The van der Waals surface area contributed by atoms with E-state index >= 15 is 0 Å². The lowest BCUT2D eigenvalue weighted by Crippen LogP contribution is -2.26. The summed E-state index contributed by atoms with van der Waals surface area (Å²) >= 11 is 0. The first-order valence-electron chi connectivity index (χ1n) is 12.1. The third-order valence-electron chi connectivity index (χ3n) is 7.53. The Labute approximate surface area is 204 Å². The van der Waals surface area contributed by atoms with Crippen molar-refractivity contribution in [2.45, 2.75) is 63.9 Å². The van der Waals surface area contributed by atoms with E-state index in [0.29, 0.717) is 31.7 Å². The smallest absolute Gasteiger partial charge is 0.429 e. The molecular formula is C27H26F8O. The Kier molecular flexibility index (Phi) is 7.67. The molecule has 0 saturated heterocycles. The van der Waals surface area contributed by atoms with E-state index in [0.717, 1.165) is 25.3 Å². The van der Waals surface area contributed by atoms with Crippen LogP contribution in [0.4, 0.5) is 35.1 Å². The molecule has 1 saturated carbocycles. The minimum atomic E-state index is -4.49. The third kappa shape index (κ3) is 5.25. The summed E-state index contributed by atoms with van der Waals surface area (Å²) in [4.78, 5) is 0. The Morgan fingerprint density at radius 1 is 0.806 bits per heavy atom.